The van der Waals surface area contributed by atoms with E-state index in [1.54, 1.807) is 31.4 Å². The van der Waals surface area contributed by atoms with E-state index < -0.39 is 5.91 Å². The highest BCUT2D eigenvalue weighted by atomic mass is 16.5. The van der Waals surface area contributed by atoms with Crippen molar-refractivity contribution in [2.75, 3.05) is 19.0 Å². The van der Waals surface area contributed by atoms with E-state index >= 15 is 0 Å². The third-order valence-electron chi connectivity index (χ3n) is 4.79. The van der Waals surface area contributed by atoms with Gasteiger partial charge in [0.2, 0.25) is 18.2 Å². The summed E-state index contributed by atoms with van der Waals surface area (Å²) in [4.78, 5) is 36.0. The summed E-state index contributed by atoms with van der Waals surface area (Å²) in [6, 6.07) is 16.3. The van der Waals surface area contributed by atoms with Gasteiger partial charge in [-0.25, -0.2) is 0 Å². The number of anilines is 1. The lowest BCUT2D eigenvalue weighted by molar-refractivity contribution is -0.121. The third kappa shape index (κ3) is 5.51. The first-order valence-corrected chi connectivity index (χ1v) is 10.00. The molecule has 0 saturated carbocycles. The smallest absolute Gasteiger partial charge is 0.259 e. The minimum atomic E-state index is -0.523. The quantitative estimate of drug-likeness (QED) is 0.420. The summed E-state index contributed by atoms with van der Waals surface area (Å²) in [6.07, 6.45) is 0.482. The first kappa shape index (κ1) is 22.5. The van der Waals surface area contributed by atoms with Crippen LogP contribution in [0.15, 0.2) is 59.1 Å². The van der Waals surface area contributed by atoms with Gasteiger partial charge in [0.1, 0.15) is 17.0 Å². The molecule has 0 saturated heterocycles. The highest BCUT2D eigenvalue weighted by Crippen LogP contribution is 2.29. The fourth-order valence-electron chi connectivity index (χ4n) is 3.12. The molecule has 0 aliphatic heterocycles. The SMILES string of the molecule is COc1ccc(-c2noc(NC=O)c2C(=O)NCCC(=O)N[C@@H](C)c2ccccc2)cc1. The molecule has 3 amide bonds. The van der Waals surface area contributed by atoms with E-state index in [0.717, 1.165) is 5.56 Å². The average Bonchev–Trinajstić information content (AvgIpc) is 3.23. The number of nitrogens with one attached hydrogen (secondary N) is 3. The number of nitrogens with zero attached hydrogens (tertiary/aromatic N) is 1. The van der Waals surface area contributed by atoms with Crippen LogP contribution in [0.5, 0.6) is 5.75 Å². The first-order chi connectivity index (χ1) is 15.5. The Morgan fingerprint density at radius 1 is 1.12 bits per heavy atom. The van der Waals surface area contributed by atoms with Gasteiger partial charge < -0.3 is 19.9 Å². The molecule has 0 aliphatic rings. The molecule has 166 valence electrons. The second kappa shape index (κ2) is 10.8. The van der Waals surface area contributed by atoms with Crippen LogP contribution < -0.4 is 20.7 Å². The number of benzene rings is 2. The second-order valence-corrected chi connectivity index (χ2v) is 6.93. The summed E-state index contributed by atoms with van der Waals surface area (Å²) in [6.45, 7) is 1.99. The van der Waals surface area contributed by atoms with E-state index in [0.29, 0.717) is 17.7 Å². The Labute approximate surface area is 185 Å². The highest BCUT2D eigenvalue weighted by Gasteiger charge is 2.24. The molecule has 3 N–H and O–H groups in total. The number of aromatic nitrogens is 1. The Hall–Kier alpha value is -4.14. The molecule has 9 nitrogen and oxygen atoms in total. The maximum Gasteiger partial charge on any atom is 0.259 e. The largest absolute Gasteiger partial charge is 0.497 e. The van der Waals surface area contributed by atoms with Crippen molar-refractivity contribution in [2.24, 2.45) is 0 Å². The van der Waals surface area contributed by atoms with Gasteiger partial charge in [0.15, 0.2) is 0 Å². The van der Waals surface area contributed by atoms with Crippen LogP contribution in [0.25, 0.3) is 11.3 Å². The topological polar surface area (TPSA) is 123 Å². The number of hydrogen-bond acceptors (Lipinski definition) is 6. The molecular formula is C23H24N4O5. The molecule has 0 spiro atoms. The van der Waals surface area contributed by atoms with Gasteiger partial charge in [-0.3, -0.25) is 19.7 Å². The molecule has 0 unspecified atom stereocenters. The van der Waals surface area contributed by atoms with Gasteiger partial charge in [0, 0.05) is 18.5 Å². The van der Waals surface area contributed by atoms with Crippen LogP contribution in [0.1, 0.15) is 35.3 Å². The van der Waals surface area contributed by atoms with Gasteiger partial charge in [0.25, 0.3) is 5.91 Å². The van der Waals surface area contributed by atoms with Gasteiger partial charge in [-0.15, -0.1) is 0 Å². The zero-order valence-electron chi connectivity index (χ0n) is 17.8. The Morgan fingerprint density at radius 3 is 2.50 bits per heavy atom. The van der Waals surface area contributed by atoms with Crippen molar-refractivity contribution >= 4 is 24.1 Å². The normalized spacial score (nSPS) is 11.3. The Bertz CT molecular complexity index is 1060. The van der Waals surface area contributed by atoms with E-state index in [-0.39, 0.29) is 42.1 Å². The third-order valence-corrected chi connectivity index (χ3v) is 4.79. The predicted molar refractivity (Wildman–Crippen MR) is 118 cm³/mol. The number of carbonyl (C=O) groups excluding carboxylic acids is 3. The van der Waals surface area contributed by atoms with E-state index in [1.807, 2.05) is 37.3 Å². The molecule has 2 aromatic carbocycles. The number of hydrogen-bond donors (Lipinski definition) is 3. The molecule has 1 atom stereocenters. The van der Waals surface area contributed by atoms with Crippen molar-refractivity contribution < 1.29 is 23.6 Å². The number of carbonyl (C=O) groups is 3. The van der Waals surface area contributed by atoms with E-state index in [9.17, 15) is 14.4 Å². The fraction of sp³-hybridized carbons (Fsp3) is 0.217. The van der Waals surface area contributed by atoms with Gasteiger partial charge in [-0.2, -0.15) is 0 Å². The van der Waals surface area contributed by atoms with Crippen molar-refractivity contribution in [3.8, 4) is 17.0 Å². The van der Waals surface area contributed by atoms with Gasteiger partial charge in [-0.05, 0) is 36.8 Å². The van der Waals surface area contributed by atoms with Crippen LogP contribution in [0, 0.1) is 0 Å². The summed E-state index contributed by atoms with van der Waals surface area (Å²) in [5.74, 6) is -0.158. The van der Waals surface area contributed by atoms with Crippen molar-refractivity contribution in [2.45, 2.75) is 19.4 Å². The molecule has 32 heavy (non-hydrogen) atoms. The van der Waals surface area contributed by atoms with Gasteiger partial charge in [-0.1, -0.05) is 35.5 Å². The summed E-state index contributed by atoms with van der Waals surface area (Å²) >= 11 is 0. The summed E-state index contributed by atoms with van der Waals surface area (Å²) in [7, 11) is 1.55. The second-order valence-electron chi connectivity index (χ2n) is 6.93. The summed E-state index contributed by atoms with van der Waals surface area (Å²) in [5.41, 5.74) is 1.92. The van der Waals surface area contributed by atoms with Crippen LogP contribution in [0.4, 0.5) is 5.88 Å². The van der Waals surface area contributed by atoms with Crippen LogP contribution in [-0.4, -0.2) is 37.0 Å². The summed E-state index contributed by atoms with van der Waals surface area (Å²) in [5, 5.41) is 11.8. The number of methoxy groups -OCH3 is 1. The van der Waals surface area contributed by atoms with Crippen molar-refractivity contribution in [3.63, 3.8) is 0 Å². The molecule has 9 heteroatoms. The Kier molecular flexibility index (Phi) is 7.58. The van der Waals surface area contributed by atoms with E-state index in [4.69, 9.17) is 9.26 Å². The minimum absolute atomic E-state index is 0.0697. The van der Waals surface area contributed by atoms with E-state index in [2.05, 4.69) is 21.1 Å². The molecule has 0 bridgehead atoms. The molecule has 0 radical (unpaired) electrons. The van der Waals surface area contributed by atoms with Crippen LogP contribution in [0.3, 0.4) is 0 Å². The zero-order chi connectivity index (χ0) is 22.9. The van der Waals surface area contributed by atoms with Gasteiger partial charge in [0.05, 0.1) is 13.2 Å². The fourth-order valence-corrected chi connectivity index (χ4v) is 3.12. The van der Waals surface area contributed by atoms with Crippen molar-refractivity contribution in [1.82, 2.24) is 15.8 Å². The highest BCUT2D eigenvalue weighted by molar-refractivity contribution is 6.05. The Balaban J connectivity index is 1.64. The van der Waals surface area contributed by atoms with Crippen LogP contribution >= 0.6 is 0 Å². The number of ether oxygens (including phenoxy) is 1. The molecule has 1 heterocycles. The monoisotopic (exact) mass is 436 g/mol. The molecule has 0 aliphatic carbocycles. The van der Waals surface area contributed by atoms with Crippen molar-refractivity contribution in [1.29, 1.82) is 0 Å². The zero-order valence-corrected chi connectivity index (χ0v) is 17.8. The maximum absolute atomic E-state index is 12.8. The minimum Gasteiger partial charge on any atom is -0.497 e. The van der Waals surface area contributed by atoms with Crippen LogP contribution in [-0.2, 0) is 9.59 Å². The van der Waals surface area contributed by atoms with E-state index in [1.165, 1.54) is 0 Å². The van der Waals surface area contributed by atoms with Crippen LogP contribution in [0.2, 0.25) is 0 Å². The average molecular weight is 436 g/mol. The lowest BCUT2D eigenvalue weighted by Gasteiger charge is -2.14. The number of amides is 3. The first-order valence-electron chi connectivity index (χ1n) is 10.00. The molecular weight excluding hydrogens is 412 g/mol. The standard InChI is InChI=1S/C23H24N4O5/c1-15(16-6-4-3-5-7-16)26-19(29)12-13-24-22(30)20-21(27-32-23(20)25-14-28)17-8-10-18(31-2)11-9-17/h3-11,14-15H,12-13H2,1-2H3,(H,24,30)(H,25,28)(H,26,29)/t15-/m0/s1. The molecule has 1 aromatic heterocycles. The lowest BCUT2D eigenvalue weighted by Crippen LogP contribution is -2.32. The Morgan fingerprint density at radius 2 is 1.84 bits per heavy atom. The summed E-state index contributed by atoms with van der Waals surface area (Å²) < 4.78 is 10.3. The van der Waals surface area contributed by atoms with Gasteiger partial charge >= 0.3 is 0 Å². The maximum atomic E-state index is 12.8. The number of rotatable bonds is 10. The lowest BCUT2D eigenvalue weighted by atomic mass is 10.1. The van der Waals surface area contributed by atoms with Crippen molar-refractivity contribution in [3.05, 3.63) is 65.7 Å². The molecule has 3 rings (SSSR count). The molecule has 3 aromatic rings. The molecule has 0 fully saturated rings. The predicted octanol–water partition coefficient (Wildman–Crippen LogP) is 2.92.